The molecule has 1 amide bonds. The summed E-state index contributed by atoms with van der Waals surface area (Å²) in [6.07, 6.45) is 2.17. The first-order valence-corrected chi connectivity index (χ1v) is 8.86. The Morgan fingerprint density at radius 1 is 1.38 bits per heavy atom. The van der Waals surface area contributed by atoms with Crippen LogP contribution in [0.3, 0.4) is 0 Å². The minimum atomic E-state index is -1.87. The molecule has 3 rings (SSSR count). The maximum atomic E-state index is 12.3. The highest BCUT2D eigenvalue weighted by Crippen LogP contribution is 2.38. The van der Waals surface area contributed by atoms with Crippen LogP contribution in [-0.4, -0.2) is 57.6 Å². The fourth-order valence-corrected chi connectivity index (χ4v) is 3.51. The average Bonchev–Trinajstić information content (AvgIpc) is 2.90. The third-order valence-electron chi connectivity index (χ3n) is 4.74. The van der Waals surface area contributed by atoms with E-state index in [9.17, 15) is 4.79 Å². The van der Waals surface area contributed by atoms with E-state index in [1.165, 1.54) is 0 Å². The highest BCUT2D eigenvalue weighted by Gasteiger charge is 2.43. The van der Waals surface area contributed by atoms with Crippen molar-refractivity contribution in [1.29, 1.82) is 0 Å². The summed E-state index contributed by atoms with van der Waals surface area (Å²) in [7, 11) is -1.87. The number of carbonyl (C=O) groups excluding carboxylic acids is 1. The van der Waals surface area contributed by atoms with Crippen molar-refractivity contribution < 1.29 is 24.2 Å². The van der Waals surface area contributed by atoms with Crippen LogP contribution >= 0.6 is 0 Å². The van der Waals surface area contributed by atoms with Crippen LogP contribution in [0.5, 0.6) is 5.75 Å². The van der Waals surface area contributed by atoms with Crippen molar-refractivity contribution in [3.05, 3.63) is 17.3 Å². The molecule has 0 radical (unpaired) electrons. The molecule has 3 heterocycles. The number of ether oxygens (including phenoxy) is 1. The molecule has 1 aromatic heterocycles. The molecule has 2 aliphatic rings. The Kier molecular flexibility index (Phi) is 4.79. The van der Waals surface area contributed by atoms with Crippen LogP contribution in [-0.2, 0) is 11.2 Å². The standard InChI is InChI=1S/C17H26BN3O5/c1-11-13(26-18(23)24)9-12-5-6-17(20-14(12)19-11)7-8-21(10-17)15(22)25-16(2,3)4/h9,23-24H,5-8,10H2,1-4H3,(H,19,20)/t17-/m1/s1. The molecule has 1 spiro atoms. The summed E-state index contributed by atoms with van der Waals surface area (Å²) in [5, 5.41) is 21.5. The molecule has 0 unspecified atom stereocenters. The molecule has 1 saturated heterocycles. The smallest absolute Gasteiger partial charge is 0.510 e. The molecule has 1 aromatic rings. The molecule has 3 N–H and O–H groups in total. The van der Waals surface area contributed by atoms with Gasteiger partial charge in [-0.1, -0.05) is 0 Å². The molecule has 0 aromatic carbocycles. The van der Waals surface area contributed by atoms with Crippen molar-refractivity contribution in [2.75, 3.05) is 18.4 Å². The molecule has 0 bridgehead atoms. The quantitative estimate of drug-likeness (QED) is 0.684. The van der Waals surface area contributed by atoms with Crippen LogP contribution < -0.4 is 9.97 Å². The van der Waals surface area contributed by atoms with Gasteiger partial charge in [-0.2, -0.15) is 0 Å². The Bertz CT molecular complexity index is 706. The second-order valence-corrected chi connectivity index (χ2v) is 8.08. The zero-order valence-corrected chi connectivity index (χ0v) is 15.7. The van der Waals surface area contributed by atoms with Crippen molar-refractivity contribution in [2.45, 2.75) is 58.1 Å². The molecule has 1 atom stereocenters. The predicted octanol–water partition coefficient (Wildman–Crippen LogP) is 1.48. The molecule has 1 fully saturated rings. The van der Waals surface area contributed by atoms with Gasteiger partial charge in [0.25, 0.3) is 0 Å². The van der Waals surface area contributed by atoms with Gasteiger partial charge in [-0.25, -0.2) is 9.78 Å². The number of hydrogen-bond donors (Lipinski definition) is 3. The van der Waals surface area contributed by atoms with Gasteiger partial charge in [-0.05, 0) is 58.6 Å². The monoisotopic (exact) mass is 363 g/mol. The number of nitrogens with zero attached hydrogens (tertiary/aromatic N) is 2. The Labute approximate surface area is 153 Å². The van der Waals surface area contributed by atoms with Gasteiger partial charge in [0, 0.05) is 13.1 Å². The van der Waals surface area contributed by atoms with Crippen LogP contribution in [0, 0.1) is 6.92 Å². The lowest BCUT2D eigenvalue weighted by molar-refractivity contribution is 0.0285. The molecule has 2 aliphatic heterocycles. The fraction of sp³-hybridized carbons (Fsp3) is 0.647. The van der Waals surface area contributed by atoms with Crippen molar-refractivity contribution in [1.82, 2.24) is 9.88 Å². The maximum absolute atomic E-state index is 12.3. The van der Waals surface area contributed by atoms with E-state index >= 15 is 0 Å². The van der Waals surface area contributed by atoms with Crippen molar-refractivity contribution in [2.24, 2.45) is 0 Å². The van der Waals surface area contributed by atoms with Crippen LogP contribution in [0.1, 0.15) is 44.9 Å². The summed E-state index contributed by atoms with van der Waals surface area (Å²) < 4.78 is 10.5. The van der Waals surface area contributed by atoms with Gasteiger partial charge < -0.3 is 29.7 Å². The van der Waals surface area contributed by atoms with E-state index < -0.39 is 12.9 Å². The lowest BCUT2D eigenvalue weighted by Gasteiger charge is -2.36. The van der Waals surface area contributed by atoms with Crippen molar-refractivity contribution in [3.8, 4) is 5.75 Å². The van der Waals surface area contributed by atoms with E-state index in [4.69, 9.17) is 19.4 Å². The summed E-state index contributed by atoms with van der Waals surface area (Å²) in [5.74, 6) is 1.12. The van der Waals surface area contributed by atoms with Crippen LogP contribution in [0.15, 0.2) is 6.07 Å². The molecule has 0 saturated carbocycles. The second-order valence-electron chi connectivity index (χ2n) is 8.08. The van der Waals surface area contributed by atoms with Gasteiger partial charge in [0.15, 0.2) is 0 Å². The van der Waals surface area contributed by atoms with E-state index in [2.05, 4.69) is 10.3 Å². The number of hydrogen-bond acceptors (Lipinski definition) is 7. The predicted molar refractivity (Wildman–Crippen MR) is 96.9 cm³/mol. The maximum Gasteiger partial charge on any atom is 0.707 e. The van der Waals surface area contributed by atoms with E-state index in [-0.39, 0.29) is 11.6 Å². The molecule has 0 aliphatic carbocycles. The molecule has 142 valence electrons. The number of carbonyl (C=O) groups is 1. The number of aromatic nitrogens is 1. The van der Waals surface area contributed by atoms with Gasteiger partial charge in [0.2, 0.25) is 0 Å². The summed E-state index contributed by atoms with van der Waals surface area (Å²) in [4.78, 5) is 18.6. The summed E-state index contributed by atoms with van der Waals surface area (Å²) >= 11 is 0. The van der Waals surface area contributed by atoms with Gasteiger partial charge >= 0.3 is 13.4 Å². The Morgan fingerprint density at radius 2 is 2.12 bits per heavy atom. The highest BCUT2D eigenvalue weighted by molar-refractivity contribution is 6.33. The zero-order valence-electron chi connectivity index (χ0n) is 15.7. The largest absolute Gasteiger partial charge is 0.707 e. The van der Waals surface area contributed by atoms with E-state index in [0.29, 0.717) is 24.5 Å². The Morgan fingerprint density at radius 3 is 2.77 bits per heavy atom. The van der Waals surface area contributed by atoms with Crippen LogP contribution in [0.25, 0.3) is 0 Å². The second kappa shape index (κ2) is 6.63. The SMILES string of the molecule is Cc1nc2c(cc1OB(O)O)CC[C@]1(CCN(C(=O)OC(C)(C)C)C1)N2. The first kappa shape index (κ1) is 18.8. The normalized spacial score (nSPS) is 22.0. The third-order valence-corrected chi connectivity index (χ3v) is 4.74. The first-order valence-electron chi connectivity index (χ1n) is 8.86. The van der Waals surface area contributed by atoms with Gasteiger partial charge in [0.05, 0.1) is 11.2 Å². The lowest BCUT2D eigenvalue weighted by atomic mass is 9.86. The van der Waals surface area contributed by atoms with E-state index in [0.717, 1.165) is 30.6 Å². The van der Waals surface area contributed by atoms with Gasteiger partial charge in [-0.15, -0.1) is 0 Å². The molecular formula is C17H26BN3O5. The summed E-state index contributed by atoms with van der Waals surface area (Å²) in [5.41, 5.74) is 0.824. The average molecular weight is 363 g/mol. The number of pyridine rings is 1. The Hall–Kier alpha value is -2.00. The number of amides is 1. The van der Waals surface area contributed by atoms with Crippen molar-refractivity contribution >= 4 is 19.2 Å². The van der Waals surface area contributed by atoms with Crippen LogP contribution in [0.2, 0.25) is 0 Å². The number of likely N-dealkylation sites (tertiary alicyclic amines) is 1. The van der Waals surface area contributed by atoms with Gasteiger partial charge in [-0.3, -0.25) is 0 Å². The summed E-state index contributed by atoms with van der Waals surface area (Å²) in [6.45, 7) is 8.57. The first-order chi connectivity index (χ1) is 12.1. The summed E-state index contributed by atoms with van der Waals surface area (Å²) in [6, 6.07) is 1.79. The minimum Gasteiger partial charge on any atom is -0.510 e. The van der Waals surface area contributed by atoms with Crippen LogP contribution in [0.4, 0.5) is 10.6 Å². The lowest BCUT2D eigenvalue weighted by Crippen LogP contribution is -2.46. The number of rotatable bonds is 2. The molecular weight excluding hydrogens is 337 g/mol. The van der Waals surface area contributed by atoms with Crippen molar-refractivity contribution in [3.63, 3.8) is 0 Å². The molecule has 8 nitrogen and oxygen atoms in total. The third kappa shape index (κ3) is 4.04. The molecule has 26 heavy (non-hydrogen) atoms. The van der Waals surface area contributed by atoms with E-state index in [1.54, 1.807) is 17.9 Å². The number of aryl methyl sites for hydroxylation is 2. The number of anilines is 1. The number of nitrogens with one attached hydrogen (secondary N) is 1. The highest BCUT2D eigenvalue weighted by atomic mass is 16.6. The topological polar surface area (TPSA) is 104 Å². The minimum absolute atomic E-state index is 0.206. The molecule has 9 heteroatoms. The fourth-order valence-electron chi connectivity index (χ4n) is 3.51. The Balaban J connectivity index is 1.72. The number of fused-ring (bicyclic) bond motifs is 1. The van der Waals surface area contributed by atoms with E-state index in [1.807, 2.05) is 20.8 Å². The zero-order chi connectivity index (χ0) is 19.1. The van der Waals surface area contributed by atoms with Gasteiger partial charge in [0.1, 0.15) is 17.2 Å².